The van der Waals surface area contributed by atoms with Crippen LogP contribution >= 0.6 is 0 Å². The van der Waals surface area contributed by atoms with Gasteiger partial charge in [0.05, 0.1) is 0 Å². The number of hydrogen-bond donors (Lipinski definition) is 4. The van der Waals surface area contributed by atoms with Crippen molar-refractivity contribution in [3.63, 3.8) is 0 Å². The second-order valence-corrected chi connectivity index (χ2v) is 1.80. The fraction of sp³-hybridized carbons (Fsp3) is 0. The molecule has 7 heavy (non-hydrogen) atoms. The molecule has 0 aromatic rings. The zero-order valence-corrected chi connectivity index (χ0v) is 7.19. The second-order valence-electron chi connectivity index (χ2n) is 0.600. The van der Waals surface area contributed by atoms with Gasteiger partial charge in [0.2, 0.25) is 0 Å². The summed E-state index contributed by atoms with van der Waals surface area (Å²) in [6.45, 7) is 0. The van der Waals surface area contributed by atoms with Gasteiger partial charge in [-0.2, -0.15) is 0 Å². The summed E-state index contributed by atoms with van der Waals surface area (Å²) in [7, 11) is -4.61. The fourth-order valence-electron chi connectivity index (χ4n) is 0. The van der Waals surface area contributed by atoms with E-state index in [-0.39, 0.29) is 40.3 Å². The van der Waals surface area contributed by atoms with E-state index >= 15 is 0 Å². The summed E-state index contributed by atoms with van der Waals surface area (Å²) in [6, 6.07) is 0. The first-order valence-corrected chi connectivity index (χ1v) is 2.68. The van der Waals surface area contributed by atoms with Crippen molar-refractivity contribution in [2.24, 2.45) is 0 Å². The first-order valence-electron chi connectivity index (χ1n) is 0.894. The van der Waals surface area contributed by atoms with E-state index in [1.54, 1.807) is 0 Å². The molecule has 0 fully saturated rings. The van der Waals surface area contributed by atoms with Gasteiger partial charge in [-0.1, -0.05) is 0 Å². The van der Waals surface area contributed by atoms with E-state index in [4.69, 9.17) is 19.2 Å². The van der Waals surface area contributed by atoms with E-state index in [0.29, 0.717) is 0 Å². The minimum absolute atomic E-state index is 0. The smallest absolute Gasteiger partial charge is 0.368 e. The Kier molecular flexibility index (Phi) is 12.4. The molecule has 0 rings (SSSR count). The van der Waals surface area contributed by atoms with Crippen molar-refractivity contribution in [2.75, 3.05) is 0 Å². The van der Waals surface area contributed by atoms with Crippen molar-refractivity contribution < 1.29 is 59.5 Å². The largest absolute Gasteiger partial charge is 0.668 e. The maximum Gasteiger partial charge on any atom is 0.668 e. The third-order valence-corrected chi connectivity index (χ3v) is 0. The van der Waals surface area contributed by atoms with E-state index in [1.807, 2.05) is 0 Å². The van der Waals surface area contributed by atoms with E-state index in [9.17, 15) is 0 Å². The average Bonchev–Trinajstić information content (AvgIpc) is 0.722. The zero-order chi connectivity index (χ0) is 4.50. The summed E-state index contributed by atoms with van der Waals surface area (Å²) >= 11 is 0. The number of rotatable bonds is 0. The van der Waals surface area contributed by atoms with Crippen LogP contribution in [0.25, 0.3) is 0 Å². The fourth-order valence-corrected chi connectivity index (χ4v) is 0. The molecule has 41 valence electrons. The van der Waals surface area contributed by atoms with E-state index in [1.165, 1.54) is 0 Å². The third-order valence-electron chi connectivity index (χ3n) is 0. The Bertz CT molecular complexity index is 27.2. The molecular weight excluding hydrogens is 191 g/mol. The van der Waals surface area contributed by atoms with Gasteiger partial charge in [0, 0.05) is 40.3 Å². The van der Waals surface area contributed by atoms with Crippen molar-refractivity contribution in [3.8, 4) is 0 Å². The van der Waals surface area contributed by atoms with E-state index in [0.717, 1.165) is 0 Å². The van der Waals surface area contributed by atoms with E-state index < -0.39 is 9.05 Å². The van der Waals surface area contributed by atoms with Gasteiger partial charge in [-0.3, -0.25) is 0 Å². The van der Waals surface area contributed by atoms with Gasteiger partial charge >= 0.3 is 9.05 Å². The summed E-state index contributed by atoms with van der Waals surface area (Å²) < 4.78 is 0. The van der Waals surface area contributed by atoms with Crippen LogP contribution in [0.1, 0.15) is 0 Å². The standard InChI is InChI=1S/H4O4Si.Ti.V/c1-5(2,3)4;;/h1-4H;;. The van der Waals surface area contributed by atoms with Gasteiger partial charge in [0.25, 0.3) is 0 Å². The van der Waals surface area contributed by atoms with Crippen molar-refractivity contribution in [2.45, 2.75) is 0 Å². The summed E-state index contributed by atoms with van der Waals surface area (Å²) in [5.41, 5.74) is 0. The second kappa shape index (κ2) is 5.49. The molecule has 0 aliphatic heterocycles. The molecular formula is H4O4SiTiV. The van der Waals surface area contributed by atoms with Crippen LogP contribution in [0.3, 0.4) is 0 Å². The van der Waals surface area contributed by atoms with Crippen LogP contribution in [-0.4, -0.2) is 28.2 Å². The molecule has 0 aliphatic rings. The molecule has 0 saturated heterocycles. The van der Waals surface area contributed by atoms with Crippen LogP contribution in [0.5, 0.6) is 0 Å². The predicted octanol–water partition coefficient (Wildman–Crippen LogP) is -2.61. The third kappa shape index (κ3) is 115. The van der Waals surface area contributed by atoms with Crippen LogP contribution < -0.4 is 0 Å². The average molecular weight is 195 g/mol. The van der Waals surface area contributed by atoms with Gasteiger partial charge in [-0.15, -0.1) is 0 Å². The maximum atomic E-state index is 7.33. The van der Waals surface area contributed by atoms with E-state index in [2.05, 4.69) is 0 Å². The molecule has 0 unspecified atom stereocenters. The van der Waals surface area contributed by atoms with Crippen LogP contribution in [0, 0.1) is 0 Å². The molecule has 4 N–H and O–H groups in total. The Morgan fingerprint density at radius 2 is 0.857 bits per heavy atom. The molecule has 0 bridgehead atoms. The van der Waals surface area contributed by atoms with Crippen molar-refractivity contribution in [1.82, 2.24) is 0 Å². The Labute approximate surface area is 68.4 Å². The molecule has 1 radical (unpaired) electrons. The summed E-state index contributed by atoms with van der Waals surface area (Å²) in [4.78, 5) is 29.3. The molecule has 0 spiro atoms. The van der Waals surface area contributed by atoms with Crippen molar-refractivity contribution in [1.29, 1.82) is 0 Å². The molecule has 0 heterocycles. The Morgan fingerprint density at radius 1 is 0.857 bits per heavy atom. The topological polar surface area (TPSA) is 80.9 Å². The van der Waals surface area contributed by atoms with Gasteiger partial charge in [0.15, 0.2) is 0 Å². The van der Waals surface area contributed by atoms with Gasteiger partial charge in [0.1, 0.15) is 0 Å². The quantitative estimate of drug-likeness (QED) is 0.319. The Balaban J connectivity index is -0.0000000800. The molecule has 0 amide bonds. The first-order chi connectivity index (χ1) is 2.00. The minimum atomic E-state index is -4.61. The Morgan fingerprint density at radius 3 is 0.857 bits per heavy atom. The van der Waals surface area contributed by atoms with Crippen LogP contribution in [0.2, 0.25) is 0 Å². The number of hydrogen-bond acceptors (Lipinski definition) is 4. The summed E-state index contributed by atoms with van der Waals surface area (Å²) in [5, 5.41) is 0. The van der Waals surface area contributed by atoms with Crippen molar-refractivity contribution >= 4 is 9.05 Å². The molecule has 0 aromatic carbocycles. The predicted molar refractivity (Wildman–Crippen MR) is 14.6 cm³/mol. The Hall–Kier alpha value is 1.36. The summed E-state index contributed by atoms with van der Waals surface area (Å²) in [5.74, 6) is 0. The van der Waals surface area contributed by atoms with Crippen LogP contribution in [-0.2, 0) is 40.3 Å². The monoisotopic (exact) mass is 195 g/mol. The molecule has 0 saturated carbocycles. The molecule has 0 atom stereocenters. The zero-order valence-electron chi connectivity index (χ0n) is 3.24. The SMILES string of the molecule is O[Si](O)(O)O.[Ti].[V]. The van der Waals surface area contributed by atoms with Crippen LogP contribution in [0.15, 0.2) is 0 Å². The maximum absolute atomic E-state index is 7.33. The molecule has 7 heteroatoms. The minimum Gasteiger partial charge on any atom is -0.368 e. The first kappa shape index (κ1) is 15.8. The normalized spacial score (nSPS) is 8.57. The van der Waals surface area contributed by atoms with Gasteiger partial charge in [-0.25, -0.2) is 0 Å². The molecule has 0 aromatic heterocycles. The summed E-state index contributed by atoms with van der Waals surface area (Å²) in [6.07, 6.45) is 0. The van der Waals surface area contributed by atoms with Crippen LogP contribution in [0.4, 0.5) is 0 Å². The van der Waals surface area contributed by atoms with Gasteiger partial charge in [-0.05, 0) is 0 Å². The molecule has 0 aliphatic carbocycles. The molecule has 4 nitrogen and oxygen atoms in total. The van der Waals surface area contributed by atoms with Crippen molar-refractivity contribution in [3.05, 3.63) is 0 Å². The van der Waals surface area contributed by atoms with Gasteiger partial charge < -0.3 is 19.2 Å².